The van der Waals surface area contributed by atoms with Crippen LogP contribution in [0, 0.1) is 0 Å². The fourth-order valence-electron chi connectivity index (χ4n) is 2.52. The van der Waals surface area contributed by atoms with E-state index in [4.69, 9.17) is 17.3 Å². The largest absolute Gasteiger partial charge is 0.481 e. The van der Waals surface area contributed by atoms with Crippen molar-refractivity contribution >= 4 is 52.2 Å². The minimum Gasteiger partial charge on any atom is -0.481 e. The number of nitrogens with zero attached hydrogens (tertiary/aromatic N) is 1. The van der Waals surface area contributed by atoms with Gasteiger partial charge < -0.3 is 10.4 Å². The van der Waals surface area contributed by atoms with Crippen molar-refractivity contribution in [2.75, 3.05) is 13.1 Å². The first-order chi connectivity index (χ1) is 13.4. The number of carboxylic acid groups (broad SMARTS) is 1. The molecule has 1 aliphatic heterocycles. The van der Waals surface area contributed by atoms with Crippen molar-refractivity contribution in [2.45, 2.75) is 26.2 Å². The highest BCUT2D eigenvalue weighted by atomic mass is 32.2. The Morgan fingerprint density at radius 3 is 2.64 bits per heavy atom. The summed E-state index contributed by atoms with van der Waals surface area (Å²) in [5.41, 5.74) is 1.98. The SMILES string of the molecule is CC(=Cc1ccccc1)C=C1SC(=S)N(CCC(=O)NCCCC(=O)O)C1=O. The van der Waals surface area contributed by atoms with Gasteiger partial charge in [-0.15, -0.1) is 0 Å². The third-order valence-electron chi connectivity index (χ3n) is 3.88. The summed E-state index contributed by atoms with van der Waals surface area (Å²) in [6.45, 7) is 2.42. The normalized spacial score (nSPS) is 16.0. The minimum absolute atomic E-state index is 0.00955. The molecule has 0 unspecified atom stereocenters. The molecule has 0 aromatic heterocycles. The number of nitrogens with one attached hydrogen (secondary N) is 1. The third kappa shape index (κ3) is 6.94. The molecule has 28 heavy (non-hydrogen) atoms. The average Bonchev–Trinajstić information content (AvgIpc) is 2.90. The van der Waals surface area contributed by atoms with Crippen LogP contribution in [0.2, 0.25) is 0 Å². The molecule has 0 saturated carbocycles. The first kappa shape index (κ1) is 21.8. The number of allylic oxidation sites excluding steroid dienone is 2. The quantitative estimate of drug-likeness (QED) is 0.364. The van der Waals surface area contributed by atoms with E-state index in [1.165, 1.54) is 16.7 Å². The number of carbonyl (C=O) groups is 3. The van der Waals surface area contributed by atoms with Crippen molar-refractivity contribution < 1.29 is 19.5 Å². The number of thioether (sulfide) groups is 1. The van der Waals surface area contributed by atoms with Crippen LogP contribution in [0.3, 0.4) is 0 Å². The molecule has 6 nitrogen and oxygen atoms in total. The van der Waals surface area contributed by atoms with Crippen LogP contribution < -0.4 is 5.32 Å². The molecular weight excluding hydrogens is 396 g/mol. The van der Waals surface area contributed by atoms with Crippen molar-refractivity contribution in [1.82, 2.24) is 10.2 Å². The van der Waals surface area contributed by atoms with Crippen molar-refractivity contribution in [3.63, 3.8) is 0 Å². The van der Waals surface area contributed by atoms with E-state index in [0.29, 0.717) is 22.2 Å². The lowest BCUT2D eigenvalue weighted by atomic mass is 10.1. The number of benzene rings is 1. The number of amides is 2. The van der Waals surface area contributed by atoms with E-state index in [-0.39, 0.29) is 31.2 Å². The van der Waals surface area contributed by atoms with Crippen molar-refractivity contribution in [3.8, 4) is 0 Å². The molecule has 1 saturated heterocycles. The average molecular weight is 419 g/mol. The van der Waals surface area contributed by atoms with Gasteiger partial charge in [0.15, 0.2) is 0 Å². The lowest BCUT2D eigenvalue weighted by molar-refractivity contribution is -0.137. The smallest absolute Gasteiger partial charge is 0.303 e. The second-order valence-corrected chi connectivity index (χ2v) is 7.91. The van der Waals surface area contributed by atoms with Gasteiger partial charge in [-0.25, -0.2) is 0 Å². The number of rotatable bonds is 9. The highest BCUT2D eigenvalue weighted by molar-refractivity contribution is 8.26. The Labute approximate surface area is 173 Å². The lowest BCUT2D eigenvalue weighted by Gasteiger charge is -2.14. The maximum absolute atomic E-state index is 12.6. The molecule has 2 amide bonds. The highest BCUT2D eigenvalue weighted by Crippen LogP contribution is 2.32. The molecule has 1 aliphatic rings. The number of thiocarbonyl (C=S) groups is 1. The molecule has 0 aliphatic carbocycles. The van der Waals surface area contributed by atoms with E-state index in [9.17, 15) is 14.4 Å². The van der Waals surface area contributed by atoms with E-state index >= 15 is 0 Å². The summed E-state index contributed by atoms with van der Waals surface area (Å²) >= 11 is 6.50. The lowest BCUT2D eigenvalue weighted by Crippen LogP contribution is -2.33. The molecule has 0 atom stereocenters. The zero-order valence-corrected chi connectivity index (χ0v) is 17.1. The van der Waals surface area contributed by atoms with Gasteiger partial charge in [0, 0.05) is 25.9 Å². The Morgan fingerprint density at radius 2 is 1.96 bits per heavy atom. The van der Waals surface area contributed by atoms with Crippen LogP contribution in [0.1, 0.15) is 31.7 Å². The van der Waals surface area contributed by atoms with Gasteiger partial charge in [0.2, 0.25) is 5.91 Å². The van der Waals surface area contributed by atoms with Crippen LogP contribution in [-0.4, -0.2) is 45.2 Å². The molecule has 148 valence electrons. The molecule has 1 aromatic rings. The fraction of sp³-hybridized carbons (Fsp3) is 0.300. The van der Waals surface area contributed by atoms with Gasteiger partial charge in [-0.2, -0.15) is 0 Å². The van der Waals surface area contributed by atoms with Gasteiger partial charge in [-0.3, -0.25) is 19.3 Å². The monoisotopic (exact) mass is 418 g/mol. The molecule has 8 heteroatoms. The van der Waals surface area contributed by atoms with Crippen LogP contribution >= 0.6 is 24.0 Å². The van der Waals surface area contributed by atoms with E-state index in [2.05, 4.69) is 5.32 Å². The predicted octanol–water partition coefficient (Wildman–Crippen LogP) is 3.21. The molecule has 1 aromatic carbocycles. The van der Waals surface area contributed by atoms with Gasteiger partial charge >= 0.3 is 5.97 Å². The second kappa shape index (κ2) is 10.8. The summed E-state index contributed by atoms with van der Waals surface area (Å²) in [4.78, 5) is 36.8. The van der Waals surface area contributed by atoms with Crippen molar-refractivity contribution in [1.29, 1.82) is 0 Å². The summed E-state index contributed by atoms with van der Waals surface area (Å²) in [6.07, 6.45) is 4.29. The molecule has 2 rings (SSSR count). The number of aliphatic carboxylic acids is 1. The zero-order chi connectivity index (χ0) is 20.5. The van der Waals surface area contributed by atoms with Crippen molar-refractivity contribution in [3.05, 3.63) is 52.4 Å². The van der Waals surface area contributed by atoms with Crippen LogP contribution in [0.25, 0.3) is 6.08 Å². The first-order valence-corrected chi connectivity index (χ1v) is 10.1. The standard InChI is InChI=1S/C20H22N2O4S2/c1-14(12-15-6-3-2-4-7-15)13-16-19(26)22(20(27)28-16)11-9-17(23)21-10-5-8-18(24)25/h2-4,6-7,12-13H,5,8-11H2,1H3,(H,21,23)(H,24,25). The molecule has 2 N–H and O–H groups in total. The van der Waals surface area contributed by atoms with E-state index < -0.39 is 5.97 Å². The minimum atomic E-state index is -0.893. The molecule has 0 spiro atoms. The Balaban J connectivity index is 1.88. The van der Waals surface area contributed by atoms with Crippen molar-refractivity contribution in [2.24, 2.45) is 0 Å². The van der Waals surface area contributed by atoms with Crippen LogP contribution in [-0.2, 0) is 14.4 Å². The maximum Gasteiger partial charge on any atom is 0.303 e. The topological polar surface area (TPSA) is 86.7 Å². The Kier molecular flexibility index (Phi) is 8.41. The maximum atomic E-state index is 12.6. The number of carbonyl (C=O) groups excluding carboxylic acids is 2. The van der Waals surface area contributed by atoms with E-state index in [0.717, 1.165) is 11.1 Å². The third-order valence-corrected chi connectivity index (χ3v) is 5.26. The fourth-order valence-corrected chi connectivity index (χ4v) is 3.88. The first-order valence-electron chi connectivity index (χ1n) is 8.84. The Hall–Kier alpha value is -2.45. The molecule has 1 heterocycles. The summed E-state index contributed by atoms with van der Waals surface area (Å²) in [6, 6.07) is 9.81. The summed E-state index contributed by atoms with van der Waals surface area (Å²) in [5.74, 6) is -1.33. The van der Waals surface area contributed by atoms with Gasteiger partial charge in [0.05, 0.1) is 4.91 Å². The second-order valence-electron chi connectivity index (χ2n) is 6.23. The summed E-state index contributed by atoms with van der Waals surface area (Å²) in [7, 11) is 0. The zero-order valence-electron chi connectivity index (χ0n) is 15.5. The van der Waals surface area contributed by atoms with Gasteiger partial charge in [-0.1, -0.05) is 60.4 Å². The number of hydrogen-bond acceptors (Lipinski definition) is 5. The molecule has 1 fully saturated rings. The highest BCUT2D eigenvalue weighted by Gasteiger charge is 2.31. The van der Waals surface area contributed by atoms with Crippen LogP contribution in [0.5, 0.6) is 0 Å². The van der Waals surface area contributed by atoms with Gasteiger partial charge in [0.1, 0.15) is 4.32 Å². The predicted molar refractivity (Wildman–Crippen MR) is 115 cm³/mol. The van der Waals surface area contributed by atoms with Crippen LogP contribution in [0.15, 0.2) is 46.9 Å². The van der Waals surface area contributed by atoms with Gasteiger partial charge in [0.25, 0.3) is 5.91 Å². The number of hydrogen-bond donors (Lipinski definition) is 2. The molecular formula is C20H22N2O4S2. The Morgan fingerprint density at radius 1 is 1.25 bits per heavy atom. The van der Waals surface area contributed by atoms with E-state index in [1.54, 1.807) is 6.08 Å². The molecule has 0 bridgehead atoms. The van der Waals surface area contributed by atoms with Crippen LogP contribution in [0.4, 0.5) is 0 Å². The Bertz CT molecular complexity index is 819. The molecule has 0 radical (unpaired) electrons. The summed E-state index contributed by atoms with van der Waals surface area (Å²) < 4.78 is 0.433. The van der Waals surface area contributed by atoms with E-state index in [1.807, 2.05) is 43.3 Å². The van der Waals surface area contributed by atoms with Gasteiger partial charge in [-0.05, 0) is 30.6 Å². The summed E-state index contributed by atoms with van der Waals surface area (Å²) in [5, 5.41) is 11.2. The number of carboxylic acids is 1.